The third kappa shape index (κ3) is 3.35. The molecule has 1 nitrogen and oxygen atoms in total. The average Bonchev–Trinajstić information content (AvgIpc) is 3.28. The van der Waals surface area contributed by atoms with Crippen molar-refractivity contribution in [2.75, 3.05) is 0 Å². The van der Waals surface area contributed by atoms with Crippen LogP contribution in [0.15, 0.2) is 0 Å². The van der Waals surface area contributed by atoms with Crippen molar-refractivity contribution in [3.8, 4) is 0 Å². The molecule has 0 aliphatic heterocycles. The Balaban J connectivity index is 3.18. The van der Waals surface area contributed by atoms with Crippen LogP contribution in [0.4, 0.5) is 0 Å². The Morgan fingerprint density at radius 2 is 1.38 bits per heavy atom. The normalized spacial score (nSPS) is 20.4. The summed E-state index contributed by atoms with van der Waals surface area (Å²) in [6.45, 7) is 22.1. The highest BCUT2D eigenvalue weighted by atomic mass is 28.4. The first-order valence-electron chi connectivity index (χ1n) is 9.26. The molecule has 0 saturated heterocycles. The minimum atomic E-state index is -1.73. The summed E-state index contributed by atoms with van der Waals surface area (Å²) in [5, 5.41) is 0.642. The first kappa shape index (κ1) is 19.4. The fourth-order valence-electron chi connectivity index (χ4n) is 4.14. The fourth-order valence-corrected chi connectivity index (χ4v) is 12.1. The number of hydrogen-bond acceptors (Lipinski definition) is 1. The zero-order chi connectivity index (χ0) is 16.5. The maximum Gasteiger partial charge on any atom is 0.192 e. The molecule has 0 bridgehead atoms. The molecule has 126 valence electrons. The van der Waals surface area contributed by atoms with E-state index in [-0.39, 0.29) is 5.22 Å². The molecule has 1 aliphatic carbocycles. The van der Waals surface area contributed by atoms with Crippen molar-refractivity contribution < 1.29 is 4.43 Å². The van der Waals surface area contributed by atoms with Gasteiger partial charge in [0, 0.05) is 5.22 Å². The summed E-state index contributed by atoms with van der Waals surface area (Å²) in [6, 6.07) is 1.34. The summed E-state index contributed by atoms with van der Waals surface area (Å²) in [4.78, 5) is 0. The number of rotatable bonds is 9. The van der Waals surface area contributed by atoms with E-state index < -0.39 is 16.4 Å². The molecule has 0 N–H and O–H groups in total. The van der Waals surface area contributed by atoms with Crippen molar-refractivity contribution in [3.05, 3.63) is 0 Å². The summed E-state index contributed by atoms with van der Waals surface area (Å²) in [5.74, 6) is 0.855. The van der Waals surface area contributed by atoms with Crippen molar-refractivity contribution in [2.45, 2.75) is 109 Å². The van der Waals surface area contributed by atoms with Gasteiger partial charge in [0.25, 0.3) is 0 Å². The Bertz CT molecular complexity index is 343. The van der Waals surface area contributed by atoms with Gasteiger partial charge in [0.15, 0.2) is 8.32 Å². The standard InChI is InChI=1S/C18H40OSi2/c1-10-17(5,11-2)21(8,9)19-18(12-3,16-14-15-16)20(6,7)13-4/h16H,10-15H2,1-9H3. The lowest BCUT2D eigenvalue weighted by Crippen LogP contribution is -2.63. The lowest BCUT2D eigenvalue weighted by molar-refractivity contribution is 0.0937. The minimum absolute atomic E-state index is 0.239. The van der Waals surface area contributed by atoms with Crippen LogP contribution in [0, 0.1) is 5.92 Å². The van der Waals surface area contributed by atoms with Crippen LogP contribution in [0.5, 0.6) is 0 Å². The molecular weight excluding hydrogens is 288 g/mol. The van der Waals surface area contributed by atoms with Crippen LogP contribution >= 0.6 is 0 Å². The lowest BCUT2D eigenvalue weighted by atomic mass is 10.1. The molecule has 1 saturated carbocycles. The van der Waals surface area contributed by atoms with Gasteiger partial charge in [0.05, 0.1) is 8.07 Å². The van der Waals surface area contributed by atoms with Gasteiger partial charge in [0.1, 0.15) is 0 Å². The second-order valence-electron chi connectivity index (χ2n) is 8.63. The van der Waals surface area contributed by atoms with Gasteiger partial charge < -0.3 is 4.43 Å². The zero-order valence-corrected chi connectivity index (χ0v) is 18.2. The molecule has 1 atom stereocenters. The van der Waals surface area contributed by atoms with Gasteiger partial charge in [-0.05, 0) is 43.3 Å². The molecule has 0 spiro atoms. The second kappa shape index (κ2) is 6.48. The smallest absolute Gasteiger partial charge is 0.192 e. The van der Waals surface area contributed by atoms with E-state index in [0.29, 0.717) is 5.04 Å². The van der Waals surface area contributed by atoms with E-state index in [2.05, 4.69) is 60.8 Å². The van der Waals surface area contributed by atoms with Crippen LogP contribution in [0.2, 0.25) is 37.3 Å². The van der Waals surface area contributed by atoms with Crippen LogP contribution in [-0.2, 0) is 4.43 Å². The molecule has 0 amide bonds. The van der Waals surface area contributed by atoms with Crippen molar-refractivity contribution in [3.63, 3.8) is 0 Å². The van der Waals surface area contributed by atoms with Crippen molar-refractivity contribution in [1.82, 2.24) is 0 Å². The van der Waals surface area contributed by atoms with E-state index in [1.807, 2.05) is 0 Å². The minimum Gasteiger partial charge on any atom is -0.414 e. The summed E-state index contributed by atoms with van der Waals surface area (Å²) < 4.78 is 7.30. The predicted octanol–water partition coefficient (Wildman–Crippen LogP) is 6.61. The molecule has 0 heterocycles. The Hall–Kier alpha value is 0.394. The molecule has 3 heteroatoms. The van der Waals surface area contributed by atoms with E-state index in [1.54, 1.807) is 0 Å². The second-order valence-corrected chi connectivity index (χ2v) is 18.4. The third-order valence-corrected chi connectivity index (χ3v) is 16.9. The SMILES string of the molecule is CCC(O[Si](C)(C)C(C)(CC)CC)(C1CC1)[Si](C)(C)CC. The highest BCUT2D eigenvalue weighted by Gasteiger charge is 2.58. The molecule has 0 aromatic carbocycles. The summed E-state index contributed by atoms with van der Waals surface area (Å²) >= 11 is 0. The third-order valence-electron chi connectivity index (χ3n) is 7.24. The Kier molecular flexibility index (Phi) is 6.00. The molecule has 1 rings (SSSR count). The van der Waals surface area contributed by atoms with Gasteiger partial charge in [-0.1, -0.05) is 66.6 Å². The molecule has 0 aromatic rings. The highest BCUT2D eigenvalue weighted by molar-refractivity contribution is 6.82. The monoisotopic (exact) mass is 328 g/mol. The topological polar surface area (TPSA) is 9.23 Å². The first-order chi connectivity index (χ1) is 9.55. The van der Waals surface area contributed by atoms with Crippen LogP contribution in [0.3, 0.4) is 0 Å². The van der Waals surface area contributed by atoms with E-state index >= 15 is 0 Å². The maximum atomic E-state index is 7.30. The molecule has 21 heavy (non-hydrogen) atoms. The molecule has 0 radical (unpaired) electrons. The first-order valence-corrected chi connectivity index (χ1v) is 15.4. The summed E-state index contributed by atoms with van der Waals surface area (Å²) in [7, 11) is -3.09. The van der Waals surface area contributed by atoms with Crippen molar-refractivity contribution >= 4 is 16.4 Å². The predicted molar refractivity (Wildman–Crippen MR) is 101 cm³/mol. The Morgan fingerprint density at radius 3 is 1.67 bits per heavy atom. The summed E-state index contributed by atoms with van der Waals surface area (Å²) in [5.41, 5.74) is 0. The quantitative estimate of drug-likeness (QED) is 0.432. The molecule has 1 aliphatic rings. The van der Waals surface area contributed by atoms with E-state index in [1.165, 1.54) is 38.1 Å². The molecule has 0 aromatic heterocycles. The van der Waals surface area contributed by atoms with Crippen LogP contribution in [-0.4, -0.2) is 21.6 Å². The van der Waals surface area contributed by atoms with Crippen molar-refractivity contribution in [1.29, 1.82) is 0 Å². The van der Waals surface area contributed by atoms with Gasteiger partial charge in [-0.15, -0.1) is 0 Å². The van der Waals surface area contributed by atoms with Crippen molar-refractivity contribution in [2.24, 2.45) is 5.92 Å². The Labute approximate surface area is 136 Å². The van der Waals surface area contributed by atoms with E-state index in [9.17, 15) is 0 Å². The average molecular weight is 329 g/mol. The Morgan fingerprint density at radius 1 is 0.905 bits per heavy atom. The van der Waals surface area contributed by atoms with Gasteiger partial charge in [0.2, 0.25) is 0 Å². The van der Waals surface area contributed by atoms with Gasteiger partial charge in [-0.3, -0.25) is 0 Å². The van der Waals surface area contributed by atoms with Crippen LogP contribution < -0.4 is 0 Å². The lowest BCUT2D eigenvalue weighted by Gasteiger charge is -2.54. The largest absolute Gasteiger partial charge is 0.414 e. The molecular formula is C18H40OSi2. The van der Waals surface area contributed by atoms with E-state index in [4.69, 9.17) is 4.43 Å². The van der Waals surface area contributed by atoms with Gasteiger partial charge >= 0.3 is 0 Å². The molecule has 1 fully saturated rings. The maximum absolute atomic E-state index is 7.30. The fraction of sp³-hybridized carbons (Fsp3) is 1.00. The zero-order valence-electron chi connectivity index (χ0n) is 16.2. The van der Waals surface area contributed by atoms with Crippen LogP contribution in [0.25, 0.3) is 0 Å². The number of hydrogen-bond donors (Lipinski definition) is 0. The highest BCUT2D eigenvalue weighted by Crippen LogP contribution is 2.55. The van der Waals surface area contributed by atoms with E-state index in [0.717, 1.165) is 5.92 Å². The van der Waals surface area contributed by atoms with Gasteiger partial charge in [-0.2, -0.15) is 0 Å². The molecule has 1 unspecified atom stereocenters. The summed E-state index contributed by atoms with van der Waals surface area (Å²) in [6.07, 6.45) is 6.54. The van der Waals surface area contributed by atoms with Crippen LogP contribution in [0.1, 0.15) is 66.7 Å². The van der Waals surface area contributed by atoms with Gasteiger partial charge in [-0.25, -0.2) is 0 Å².